The molecule has 0 aliphatic rings. The third kappa shape index (κ3) is 3.05. The first-order valence-corrected chi connectivity index (χ1v) is 10.1. The van der Waals surface area contributed by atoms with E-state index in [-0.39, 0.29) is 11.4 Å². The van der Waals surface area contributed by atoms with Gasteiger partial charge in [-0.3, -0.25) is 10.1 Å². The van der Waals surface area contributed by atoms with Crippen LogP contribution in [0.1, 0.15) is 6.92 Å². The smallest absolute Gasteiger partial charge is 0.271 e. The lowest BCUT2D eigenvalue weighted by Crippen LogP contribution is -2.38. The summed E-state index contributed by atoms with van der Waals surface area (Å²) < 4.78 is 7.76. The molecule has 0 saturated carbocycles. The van der Waals surface area contributed by atoms with Crippen LogP contribution in [0.5, 0.6) is 0 Å². The maximum Gasteiger partial charge on any atom is 0.271 e. The van der Waals surface area contributed by atoms with E-state index in [1.54, 1.807) is 12.4 Å². The number of ether oxygens (including phenoxy) is 1. The number of nitrogens with zero attached hydrogens (tertiary/aromatic N) is 3. The molecule has 0 bridgehead atoms. The van der Waals surface area contributed by atoms with E-state index in [0.717, 1.165) is 5.52 Å². The minimum absolute atomic E-state index is 0.0548. The maximum atomic E-state index is 10.7. The zero-order valence-electron chi connectivity index (χ0n) is 12.2. The fourth-order valence-electron chi connectivity index (χ4n) is 1.71. The van der Waals surface area contributed by atoms with E-state index < -0.39 is 13.0 Å². The number of nitro benzene ring substituents is 1. The Morgan fingerprint density at radius 1 is 1.45 bits per heavy atom. The fraction of sp³-hybridized carbons (Fsp3) is 0.462. The van der Waals surface area contributed by atoms with Gasteiger partial charge in [-0.15, -0.1) is 0 Å². The Morgan fingerprint density at radius 2 is 2.15 bits per heavy atom. The zero-order valence-corrected chi connectivity index (χ0v) is 13.2. The van der Waals surface area contributed by atoms with Gasteiger partial charge in [0.25, 0.3) is 5.69 Å². The van der Waals surface area contributed by atoms with Crippen LogP contribution in [0.25, 0.3) is 11.0 Å². The van der Waals surface area contributed by atoms with Gasteiger partial charge in [-0.1, -0.05) is 19.6 Å². The van der Waals surface area contributed by atoms with Crippen molar-refractivity contribution in [3.63, 3.8) is 0 Å². The second kappa shape index (κ2) is 5.33. The molecule has 1 atom stereocenters. The van der Waals surface area contributed by atoms with Crippen LogP contribution in [0.3, 0.4) is 0 Å². The molecular formula is C13H19N3O3Si. The van der Waals surface area contributed by atoms with Crippen molar-refractivity contribution in [2.24, 2.45) is 0 Å². The first kappa shape index (κ1) is 14.7. The molecule has 7 heteroatoms. The summed E-state index contributed by atoms with van der Waals surface area (Å²) in [5, 5.41) is 10.7. The Kier molecular flexibility index (Phi) is 3.91. The van der Waals surface area contributed by atoms with E-state index in [0.29, 0.717) is 12.2 Å². The van der Waals surface area contributed by atoms with Crippen molar-refractivity contribution in [3.8, 4) is 0 Å². The lowest BCUT2D eigenvalue weighted by Gasteiger charge is -2.25. The van der Waals surface area contributed by atoms with Crippen LogP contribution in [0.4, 0.5) is 5.69 Å². The standard InChI is InChI=1S/C13H19N3O3Si/c1-10(20(2,3)4)19-9-15-8-14-12-7-11(16(17)18)5-6-13(12)15/h5-8,10H,9H2,1-4H3. The summed E-state index contributed by atoms with van der Waals surface area (Å²) in [6, 6.07) is 4.68. The highest BCUT2D eigenvalue weighted by Crippen LogP contribution is 2.20. The van der Waals surface area contributed by atoms with E-state index in [2.05, 4.69) is 31.5 Å². The van der Waals surface area contributed by atoms with Crippen molar-refractivity contribution in [3.05, 3.63) is 34.6 Å². The van der Waals surface area contributed by atoms with Gasteiger partial charge in [0.2, 0.25) is 0 Å². The summed E-state index contributed by atoms with van der Waals surface area (Å²) in [6.07, 6.45) is 1.66. The van der Waals surface area contributed by atoms with Gasteiger partial charge in [0.1, 0.15) is 6.73 Å². The van der Waals surface area contributed by atoms with Crippen LogP contribution in [0.2, 0.25) is 19.6 Å². The Balaban J connectivity index is 2.18. The third-order valence-electron chi connectivity index (χ3n) is 3.50. The average molecular weight is 293 g/mol. The Labute approximate surface area is 118 Å². The number of rotatable bonds is 5. The summed E-state index contributed by atoms with van der Waals surface area (Å²) in [6.45, 7) is 9.28. The van der Waals surface area contributed by atoms with Gasteiger partial charge in [0, 0.05) is 17.9 Å². The lowest BCUT2D eigenvalue weighted by molar-refractivity contribution is -0.384. The van der Waals surface area contributed by atoms with E-state index in [1.165, 1.54) is 12.1 Å². The van der Waals surface area contributed by atoms with Gasteiger partial charge in [0.05, 0.1) is 30.4 Å². The van der Waals surface area contributed by atoms with Crippen molar-refractivity contribution in [2.45, 2.75) is 39.0 Å². The Bertz CT molecular complexity index is 633. The number of nitro groups is 1. The summed E-state index contributed by atoms with van der Waals surface area (Å²) in [7, 11) is -1.33. The predicted octanol–water partition coefficient (Wildman–Crippen LogP) is 3.18. The molecular weight excluding hydrogens is 274 g/mol. The number of non-ortho nitro benzene ring substituents is 1. The van der Waals surface area contributed by atoms with Gasteiger partial charge < -0.3 is 9.30 Å². The molecule has 1 aromatic carbocycles. The van der Waals surface area contributed by atoms with Crippen LogP contribution in [0.15, 0.2) is 24.5 Å². The second-order valence-electron chi connectivity index (χ2n) is 5.95. The third-order valence-corrected chi connectivity index (χ3v) is 6.10. The predicted molar refractivity (Wildman–Crippen MR) is 80.3 cm³/mol. The molecule has 0 spiro atoms. The normalized spacial score (nSPS) is 13.6. The highest BCUT2D eigenvalue weighted by atomic mass is 28.3. The van der Waals surface area contributed by atoms with Crippen LogP contribution in [-0.4, -0.2) is 28.3 Å². The van der Waals surface area contributed by atoms with Crippen molar-refractivity contribution in [1.82, 2.24) is 9.55 Å². The molecule has 0 aliphatic heterocycles. The lowest BCUT2D eigenvalue weighted by atomic mass is 10.3. The second-order valence-corrected chi connectivity index (χ2v) is 11.5. The van der Waals surface area contributed by atoms with E-state index in [9.17, 15) is 10.1 Å². The summed E-state index contributed by atoms with van der Waals surface area (Å²) in [5.74, 6) is 0. The number of hydrogen-bond acceptors (Lipinski definition) is 4. The molecule has 6 nitrogen and oxygen atoms in total. The largest absolute Gasteiger partial charge is 0.361 e. The first-order chi connectivity index (χ1) is 9.29. The molecule has 0 N–H and O–H groups in total. The summed E-state index contributed by atoms with van der Waals surface area (Å²) in [4.78, 5) is 14.5. The molecule has 0 fully saturated rings. The molecule has 20 heavy (non-hydrogen) atoms. The molecule has 0 saturated heterocycles. The van der Waals surface area contributed by atoms with Crippen molar-refractivity contribution < 1.29 is 9.66 Å². The zero-order chi connectivity index (χ0) is 14.9. The van der Waals surface area contributed by atoms with E-state index >= 15 is 0 Å². The minimum Gasteiger partial charge on any atom is -0.361 e. The number of aromatic nitrogens is 2. The van der Waals surface area contributed by atoms with Gasteiger partial charge in [-0.2, -0.15) is 0 Å². The molecule has 1 heterocycles. The van der Waals surface area contributed by atoms with Crippen LogP contribution in [0, 0.1) is 10.1 Å². The number of hydrogen-bond donors (Lipinski definition) is 0. The van der Waals surface area contributed by atoms with Crippen LogP contribution >= 0.6 is 0 Å². The van der Waals surface area contributed by atoms with E-state index in [1.807, 2.05) is 4.57 Å². The van der Waals surface area contributed by atoms with Crippen LogP contribution in [-0.2, 0) is 11.5 Å². The number of imidazole rings is 1. The van der Waals surface area contributed by atoms with E-state index in [4.69, 9.17) is 4.74 Å². The number of benzene rings is 1. The van der Waals surface area contributed by atoms with Crippen molar-refractivity contribution in [2.75, 3.05) is 0 Å². The van der Waals surface area contributed by atoms with Gasteiger partial charge in [-0.25, -0.2) is 4.98 Å². The van der Waals surface area contributed by atoms with Gasteiger partial charge >= 0.3 is 0 Å². The molecule has 0 amide bonds. The monoisotopic (exact) mass is 293 g/mol. The minimum atomic E-state index is -1.33. The topological polar surface area (TPSA) is 70.2 Å². The Hall–Kier alpha value is -1.73. The van der Waals surface area contributed by atoms with Gasteiger partial charge in [0.15, 0.2) is 0 Å². The summed E-state index contributed by atoms with van der Waals surface area (Å²) >= 11 is 0. The Morgan fingerprint density at radius 3 is 2.75 bits per heavy atom. The highest BCUT2D eigenvalue weighted by molar-refractivity contribution is 6.77. The highest BCUT2D eigenvalue weighted by Gasteiger charge is 2.23. The maximum absolute atomic E-state index is 10.7. The summed E-state index contributed by atoms with van der Waals surface area (Å²) in [5.41, 5.74) is 1.75. The SMILES string of the molecule is CC(OCn1cnc2cc([N+](=O)[O-])ccc21)[Si](C)(C)C. The molecule has 108 valence electrons. The molecule has 1 unspecified atom stereocenters. The molecule has 2 rings (SSSR count). The number of fused-ring (bicyclic) bond motifs is 1. The first-order valence-electron chi connectivity index (χ1n) is 6.50. The average Bonchev–Trinajstić information content (AvgIpc) is 2.76. The molecule has 0 aliphatic carbocycles. The quantitative estimate of drug-likeness (QED) is 0.482. The molecule has 1 aromatic heterocycles. The fourth-order valence-corrected chi connectivity index (χ4v) is 2.29. The van der Waals surface area contributed by atoms with Crippen molar-refractivity contribution >= 4 is 24.8 Å². The van der Waals surface area contributed by atoms with Crippen LogP contribution < -0.4 is 0 Å². The van der Waals surface area contributed by atoms with Crippen molar-refractivity contribution in [1.29, 1.82) is 0 Å². The molecule has 0 radical (unpaired) electrons. The molecule has 2 aromatic rings. The van der Waals surface area contributed by atoms with Gasteiger partial charge in [-0.05, 0) is 13.0 Å².